The van der Waals surface area contributed by atoms with Gasteiger partial charge in [0.1, 0.15) is 5.02 Å². The second kappa shape index (κ2) is 5.79. The van der Waals surface area contributed by atoms with Crippen LogP contribution in [0.1, 0.15) is 16.2 Å². The zero-order chi connectivity index (χ0) is 17.5. The molecule has 0 unspecified atom stereocenters. The molecule has 1 aromatic carbocycles. The molecule has 3 aromatic rings. The third-order valence-corrected chi connectivity index (χ3v) is 3.62. The number of alkyl halides is 3. The quantitative estimate of drug-likeness (QED) is 0.655. The highest BCUT2D eigenvalue weighted by molar-refractivity contribution is 6.36. The first-order chi connectivity index (χ1) is 11.3. The van der Waals surface area contributed by atoms with Crippen molar-refractivity contribution in [3.05, 3.63) is 52.8 Å². The molecular weight excluding hydrogens is 347 g/mol. The van der Waals surface area contributed by atoms with Gasteiger partial charge in [0.25, 0.3) is 0 Å². The molecule has 3 rings (SSSR count). The van der Waals surface area contributed by atoms with Crippen molar-refractivity contribution in [2.75, 3.05) is 7.11 Å². The van der Waals surface area contributed by atoms with Crippen LogP contribution >= 0.6 is 11.6 Å². The number of hydrogen-bond acceptors (Lipinski definition) is 4. The van der Waals surface area contributed by atoms with Crippen molar-refractivity contribution in [1.29, 1.82) is 0 Å². The van der Waals surface area contributed by atoms with Crippen molar-refractivity contribution in [3.8, 4) is 11.3 Å². The van der Waals surface area contributed by atoms with Crippen molar-refractivity contribution in [3.63, 3.8) is 0 Å². The van der Waals surface area contributed by atoms with Gasteiger partial charge in [-0.05, 0) is 6.07 Å². The Bertz CT molecular complexity index is 923. The summed E-state index contributed by atoms with van der Waals surface area (Å²) in [4.78, 5) is 15.7. The van der Waals surface area contributed by atoms with Crippen molar-refractivity contribution < 1.29 is 22.7 Å². The van der Waals surface area contributed by atoms with Gasteiger partial charge in [0, 0.05) is 5.56 Å². The SMILES string of the molecule is COC(=O)c1nn2c(C(F)(F)F)cc(-c3ccccc3)nc2c1Cl. The Labute approximate surface area is 138 Å². The van der Waals surface area contributed by atoms with Crippen LogP contribution in [0.5, 0.6) is 0 Å². The summed E-state index contributed by atoms with van der Waals surface area (Å²) in [6.07, 6.45) is -4.71. The summed E-state index contributed by atoms with van der Waals surface area (Å²) in [6.45, 7) is 0. The fourth-order valence-electron chi connectivity index (χ4n) is 2.18. The van der Waals surface area contributed by atoms with E-state index in [2.05, 4.69) is 14.8 Å². The lowest BCUT2D eigenvalue weighted by atomic mass is 10.1. The van der Waals surface area contributed by atoms with Gasteiger partial charge < -0.3 is 4.74 Å². The minimum absolute atomic E-state index is 0.0636. The molecule has 124 valence electrons. The number of esters is 1. The Hall–Kier alpha value is -2.61. The maximum absolute atomic E-state index is 13.4. The number of benzene rings is 1. The Morgan fingerprint density at radius 3 is 2.50 bits per heavy atom. The Morgan fingerprint density at radius 2 is 1.92 bits per heavy atom. The molecule has 0 aliphatic rings. The Balaban J connectivity index is 2.35. The van der Waals surface area contributed by atoms with E-state index in [0.29, 0.717) is 10.1 Å². The molecule has 0 radical (unpaired) electrons. The molecule has 0 aliphatic heterocycles. The smallest absolute Gasteiger partial charge is 0.433 e. The molecule has 0 atom stereocenters. The number of hydrogen-bond donors (Lipinski definition) is 0. The van der Waals surface area contributed by atoms with E-state index in [0.717, 1.165) is 13.2 Å². The lowest BCUT2D eigenvalue weighted by molar-refractivity contribution is -0.142. The number of fused-ring (bicyclic) bond motifs is 1. The molecule has 5 nitrogen and oxygen atoms in total. The van der Waals surface area contributed by atoms with E-state index in [-0.39, 0.29) is 16.4 Å². The third kappa shape index (κ3) is 2.69. The van der Waals surface area contributed by atoms with Gasteiger partial charge in [0.05, 0.1) is 12.8 Å². The summed E-state index contributed by atoms with van der Waals surface area (Å²) in [5, 5.41) is 3.31. The number of methoxy groups -OCH3 is 1. The van der Waals surface area contributed by atoms with Crippen LogP contribution in [0.25, 0.3) is 16.9 Å². The van der Waals surface area contributed by atoms with Gasteiger partial charge in [-0.2, -0.15) is 18.3 Å². The molecule has 0 amide bonds. The highest BCUT2D eigenvalue weighted by Gasteiger charge is 2.36. The van der Waals surface area contributed by atoms with Crippen LogP contribution in [-0.4, -0.2) is 27.7 Å². The zero-order valence-corrected chi connectivity index (χ0v) is 12.9. The van der Waals surface area contributed by atoms with Crippen LogP contribution in [0, 0.1) is 0 Å². The Kier molecular flexibility index (Phi) is 3.92. The summed E-state index contributed by atoms with van der Waals surface area (Å²) in [5.41, 5.74) is -1.26. The number of carbonyl (C=O) groups excluding carboxylic acids is 1. The fraction of sp³-hybridized carbons (Fsp3) is 0.133. The first kappa shape index (κ1) is 16.3. The number of halogens is 4. The van der Waals surface area contributed by atoms with Crippen LogP contribution in [0.4, 0.5) is 13.2 Å². The monoisotopic (exact) mass is 355 g/mol. The van der Waals surface area contributed by atoms with Crippen LogP contribution < -0.4 is 0 Å². The standard InChI is InChI=1S/C15H9ClF3N3O2/c1-24-14(23)12-11(16)13-20-9(8-5-3-2-4-6-8)7-10(15(17,18)19)22(13)21-12/h2-7H,1H3. The van der Waals surface area contributed by atoms with E-state index in [9.17, 15) is 18.0 Å². The van der Waals surface area contributed by atoms with E-state index in [1.54, 1.807) is 30.3 Å². The van der Waals surface area contributed by atoms with Gasteiger partial charge in [-0.3, -0.25) is 0 Å². The normalized spacial score (nSPS) is 11.7. The molecule has 0 saturated heterocycles. The molecular formula is C15H9ClF3N3O2. The van der Waals surface area contributed by atoms with E-state index in [4.69, 9.17) is 11.6 Å². The molecule has 0 fully saturated rings. The topological polar surface area (TPSA) is 56.5 Å². The maximum Gasteiger partial charge on any atom is 0.433 e. The number of rotatable bonds is 2. The molecule has 2 aromatic heterocycles. The van der Waals surface area contributed by atoms with E-state index < -0.39 is 23.5 Å². The predicted molar refractivity (Wildman–Crippen MR) is 79.8 cm³/mol. The lowest BCUT2D eigenvalue weighted by Crippen LogP contribution is -2.14. The Morgan fingerprint density at radius 1 is 1.25 bits per heavy atom. The predicted octanol–water partition coefficient (Wildman–Crippen LogP) is 3.86. The van der Waals surface area contributed by atoms with Gasteiger partial charge in [0.15, 0.2) is 17.0 Å². The van der Waals surface area contributed by atoms with Gasteiger partial charge in [-0.1, -0.05) is 41.9 Å². The van der Waals surface area contributed by atoms with Crippen LogP contribution in [-0.2, 0) is 10.9 Å². The van der Waals surface area contributed by atoms with Crippen LogP contribution in [0.3, 0.4) is 0 Å². The average molecular weight is 356 g/mol. The van der Waals surface area contributed by atoms with Gasteiger partial charge in [-0.15, -0.1) is 0 Å². The van der Waals surface area contributed by atoms with Crippen molar-refractivity contribution >= 4 is 23.2 Å². The molecule has 9 heteroatoms. The van der Waals surface area contributed by atoms with Crippen LogP contribution in [0.2, 0.25) is 5.02 Å². The van der Waals surface area contributed by atoms with Gasteiger partial charge in [0.2, 0.25) is 0 Å². The molecule has 0 aliphatic carbocycles. The number of carbonyl (C=O) groups is 1. The largest absolute Gasteiger partial charge is 0.464 e. The molecule has 0 N–H and O–H groups in total. The maximum atomic E-state index is 13.4. The molecule has 0 saturated carbocycles. The molecule has 24 heavy (non-hydrogen) atoms. The van der Waals surface area contributed by atoms with Crippen molar-refractivity contribution in [2.45, 2.75) is 6.18 Å². The second-order valence-corrected chi connectivity index (χ2v) is 5.16. The lowest BCUT2D eigenvalue weighted by Gasteiger charge is -2.11. The average Bonchev–Trinajstić information content (AvgIpc) is 2.90. The third-order valence-electron chi connectivity index (χ3n) is 3.27. The minimum Gasteiger partial charge on any atom is -0.464 e. The summed E-state index contributed by atoms with van der Waals surface area (Å²) in [5.74, 6) is -0.945. The number of aromatic nitrogens is 3. The molecule has 0 bridgehead atoms. The van der Waals surface area contributed by atoms with Crippen molar-refractivity contribution in [1.82, 2.24) is 14.6 Å². The summed E-state index contributed by atoms with van der Waals surface area (Å²) >= 11 is 6.00. The van der Waals surface area contributed by atoms with Crippen molar-refractivity contribution in [2.24, 2.45) is 0 Å². The van der Waals surface area contributed by atoms with E-state index >= 15 is 0 Å². The summed E-state index contributed by atoms with van der Waals surface area (Å²) < 4.78 is 45.1. The fourth-order valence-corrected chi connectivity index (χ4v) is 2.41. The molecule has 0 spiro atoms. The first-order valence-electron chi connectivity index (χ1n) is 6.63. The van der Waals surface area contributed by atoms with E-state index in [1.807, 2.05) is 0 Å². The van der Waals surface area contributed by atoms with Gasteiger partial charge >= 0.3 is 12.1 Å². The summed E-state index contributed by atoms with van der Waals surface area (Å²) in [6, 6.07) is 9.16. The summed E-state index contributed by atoms with van der Waals surface area (Å²) in [7, 11) is 1.08. The highest BCUT2D eigenvalue weighted by Crippen LogP contribution is 2.34. The second-order valence-electron chi connectivity index (χ2n) is 4.78. The molecule has 2 heterocycles. The highest BCUT2D eigenvalue weighted by atomic mass is 35.5. The number of ether oxygens (including phenoxy) is 1. The number of nitrogens with zero attached hydrogens (tertiary/aromatic N) is 3. The first-order valence-corrected chi connectivity index (χ1v) is 7.01. The van der Waals surface area contributed by atoms with Crippen LogP contribution in [0.15, 0.2) is 36.4 Å². The minimum atomic E-state index is -4.71. The van der Waals surface area contributed by atoms with Gasteiger partial charge in [-0.25, -0.2) is 14.3 Å². The van der Waals surface area contributed by atoms with E-state index in [1.165, 1.54) is 0 Å². The zero-order valence-electron chi connectivity index (χ0n) is 12.1.